The van der Waals surface area contributed by atoms with Crippen LogP contribution in [-0.2, 0) is 13.0 Å². The van der Waals surface area contributed by atoms with E-state index in [4.69, 9.17) is 0 Å². The van der Waals surface area contributed by atoms with Gasteiger partial charge in [-0.25, -0.2) is 9.37 Å². The normalized spacial score (nSPS) is 15.8. The number of nitrogens with zero attached hydrogens (tertiary/aromatic N) is 4. The molecule has 0 radical (unpaired) electrons. The van der Waals surface area contributed by atoms with Gasteiger partial charge in [-0.3, -0.25) is 9.48 Å². The largest absolute Gasteiger partial charge is 0.503 e. The van der Waals surface area contributed by atoms with Crippen LogP contribution in [0, 0.1) is 12.7 Å². The zero-order valence-electron chi connectivity index (χ0n) is 17.9. The lowest BCUT2D eigenvalue weighted by Crippen LogP contribution is -2.33. The maximum Gasteiger partial charge on any atom is 0.242 e. The summed E-state index contributed by atoms with van der Waals surface area (Å²) in [5, 5.41) is 15.2. The Morgan fingerprint density at radius 1 is 1.16 bits per heavy atom. The maximum atomic E-state index is 13.8. The number of hydrogen-bond donors (Lipinski definition) is 1. The highest BCUT2D eigenvalue weighted by molar-refractivity contribution is 5.61. The molecule has 4 aromatic rings. The van der Waals surface area contributed by atoms with Crippen molar-refractivity contribution in [2.75, 3.05) is 0 Å². The topological polar surface area (TPSA) is 72.9 Å². The lowest BCUT2D eigenvalue weighted by atomic mass is 9.82. The Hall–Kier alpha value is -3.74. The smallest absolute Gasteiger partial charge is 0.242 e. The molecule has 0 unspecified atom stereocenters. The molecule has 3 heterocycles. The molecule has 2 aromatic heterocycles. The second-order valence-corrected chi connectivity index (χ2v) is 8.14. The number of aromatic hydroxyl groups is 1. The van der Waals surface area contributed by atoms with Crippen LogP contribution in [0.5, 0.6) is 5.75 Å². The van der Waals surface area contributed by atoms with Crippen LogP contribution in [0.25, 0.3) is 11.5 Å². The fraction of sp³-hybridized carbons (Fsp3) is 0.240. The van der Waals surface area contributed by atoms with Crippen molar-refractivity contribution in [1.82, 2.24) is 19.3 Å². The molecule has 32 heavy (non-hydrogen) atoms. The number of hydrogen-bond acceptors (Lipinski definition) is 4. The third kappa shape index (κ3) is 3.12. The zero-order valence-corrected chi connectivity index (χ0v) is 17.9. The first-order chi connectivity index (χ1) is 15.5. The highest BCUT2D eigenvalue weighted by Crippen LogP contribution is 2.43. The number of fused-ring (bicyclic) bond motifs is 3. The number of imidazole rings is 1. The number of benzene rings is 2. The van der Waals surface area contributed by atoms with Gasteiger partial charge in [-0.1, -0.05) is 43.3 Å². The van der Waals surface area contributed by atoms with E-state index in [0.29, 0.717) is 18.1 Å². The molecular weight excluding hydrogens is 407 g/mol. The summed E-state index contributed by atoms with van der Waals surface area (Å²) in [6, 6.07) is 14.3. The first kappa shape index (κ1) is 20.2. The Morgan fingerprint density at radius 2 is 1.91 bits per heavy atom. The summed E-state index contributed by atoms with van der Waals surface area (Å²) in [6.45, 7) is 4.64. The van der Waals surface area contributed by atoms with Gasteiger partial charge in [0.05, 0.1) is 12.2 Å². The average molecular weight is 430 g/mol. The fourth-order valence-electron chi connectivity index (χ4n) is 4.73. The van der Waals surface area contributed by atoms with E-state index in [0.717, 1.165) is 35.0 Å². The van der Waals surface area contributed by atoms with Crippen LogP contribution in [0.3, 0.4) is 0 Å². The van der Waals surface area contributed by atoms with Gasteiger partial charge in [0.25, 0.3) is 0 Å². The molecule has 2 atom stereocenters. The summed E-state index contributed by atoms with van der Waals surface area (Å²) < 4.78 is 17.5. The molecule has 0 fully saturated rings. The van der Waals surface area contributed by atoms with Crippen LogP contribution in [0.15, 0.2) is 65.7 Å². The highest BCUT2D eigenvalue weighted by atomic mass is 19.1. The third-order valence-electron chi connectivity index (χ3n) is 6.32. The van der Waals surface area contributed by atoms with E-state index in [1.807, 2.05) is 32.0 Å². The lowest BCUT2D eigenvalue weighted by molar-refractivity contribution is 0.327. The third-order valence-corrected chi connectivity index (χ3v) is 6.32. The number of aromatic nitrogens is 4. The second-order valence-electron chi connectivity index (χ2n) is 8.14. The summed E-state index contributed by atoms with van der Waals surface area (Å²) in [7, 11) is 0. The van der Waals surface area contributed by atoms with Gasteiger partial charge in [-0.05, 0) is 42.2 Å². The van der Waals surface area contributed by atoms with Crippen molar-refractivity contribution in [1.29, 1.82) is 0 Å². The summed E-state index contributed by atoms with van der Waals surface area (Å²) >= 11 is 0. The minimum atomic E-state index is -0.543. The molecule has 0 saturated carbocycles. The summed E-state index contributed by atoms with van der Waals surface area (Å²) in [6.07, 6.45) is 3.68. The maximum absolute atomic E-state index is 13.8. The van der Waals surface area contributed by atoms with Gasteiger partial charge in [-0.2, -0.15) is 5.10 Å². The molecule has 1 aliphatic heterocycles. The van der Waals surface area contributed by atoms with Gasteiger partial charge in [-0.15, -0.1) is 0 Å². The predicted octanol–water partition coefficient (Wildman–Crippen LogP) is 4.21. The van der Waals surface area contributed by atoms with Gasteiger partial charge in [0.2, 0.25) is 5.43 Å². The Labute approximate surface area is 184 Å². The average Bonchev–Trinajstić information content (AvgIpc) is 3.21. The van der Waals surface area contributed by atoms with Crippen LogP contribution >= 0.6 is 0 Å². The van der Waals surface area contributed by atoms with Crippen molar-refractivity contribution in [3.05, 3.63) is 99.3 Å². The SMILES string of the molecule is CCc1cnc2n1C[C@H]([C@@H](c1ccc(F)cc1)c1ccccc1C)n1ncc(=O)c(O)c1-2. The summed E-state index contributed by atoms with van der Waals surface area (Å²) in [5.74, 6) is -0.318. The quantitative estimate of drug-likeness (QED) is 0.526. The first-order valence-electron chi connectivity index (χ1n) is 10.7. The van der Waals surface area contributed by atoms with Gasteiger partial charge < -0.3 is 9.67 Å². The second kappa shape index (κ2) is 7.75. The first-order valence-corrected chi connectivity index (χ1v) is 10.7. The van der Waals surface area contributed by atoms with E-state index < -0.39 is 5.43 Å². The minimum Gasteiger partial charge on any atom is -0.503 e. The van der Waals surface area contributed by atoms with E-state index >= 15 is 0 Å². The van der Waals surface area contributed by atoms with Crippen LogP contribution in [0.4, 0.5) is 4.39 Å². The number of halogens is 1. The monoisotopic (exact) mass is 430 g/mol. The van der Waals surface area contributed by atoms with Crippen LogP contribution in [0.2, 0.25) is 0 Å². The molecule has 1 aliphatic rings. The van der Waals surface area contributed by atoms with Crippen LogP contribution < -0.4 is 5.43 Å². The van der Waals surface area contributed by atoms with Gasteiger partial charge in [0.1, 0.15) is 11.5 Å². The van der Waals surface area contributed by atoms with Crippen LogP contribution in [-0.4, -0.2) is 24.4 Å². The van der Waals surface area contributed by atoms with Crippen molar-refractivity contribution in [3.63, 3.8) is 0 Å². The molecule has 0 bridgehead atoms. The van der Waals surface area contributed by atoms with E-state index in [1.54, 1.807) is 23.0 Å². The van der Waals surface area contributed by atoms with Crippen molar-refractivity contribution in [2.24, 2.45) is 0 Å². The molecule has 162 valence electrons. The molecule has 1 N–H and O–H groups in total. The van der Waals surface area contributed by atoms with Crippen molar-refractivity contribution < 1.29 is 9.50 Å². The van der Waals surface area contributed by atoms with Gasteiger partial charge >= 0.3 is 0 Å². The van der Waals surface area contributed by atoms with Gasteiger partial charge in [0.15, 0.2) is 11.6 Å². The molecule has 2 aromatic carbocycles. The number of rotatable bonds is 4. The fourth-order valence-corrected chi connectivity index (χ4v) is 4.73. The molecule has 0 saturated heterocycles. The predicted molar refractivity (Wildman–Crippen MR) is 119 cm³/mol. The van der Waals surface area contributed by atoms with Crippen molar-refractivity contribution in [3.8, 4) is 17.3 Å². The Bertz CT molecular complexity index is 1360. The standard InChI is InChI=1S/C25H23FN4O2/c1-3-18-12-27-25-23-24(32)21(31)13-28-30(23)20(14-29(18)25)22(16-8-10-17(26)11-9-16)19-7-5-4-6-15(19)2/h4-13,20,22,32H,3,14H2,1-2H3/t20-,22+/m1/s1. The molecular formula is C25H23FN4O2. The molecule has 0 spiro atoms. The zero-order chi connectivity index (χ0) is 22.4. The molecule has 0 amide bonds. The van der Waals surface area contributed by atoms with Crippen LogP contribution in [0.1, 0.15) is 41.3 Å². The van der Waals surface area contributed by atoms with E-state index in [2.05, 4.69) is 20.7 Å². The number of aryl methyl sites for hydroxylation is 2. The van der Waals surface area contributed by atoms with E-state index in [1.165, 1.54) is 12.1 Å². The molecule has 5 rings (SSSR count). The molecule has 0 aliphatic carbocycles. The van der Waals surface area contributed by atoms with Crippen molar-refractivity contribution >= 4 is 0 Å². The summed E-state index contributed by atoms with van der Waals surface area (Å²) in [5.41, 5.74) is 3.89. The lowest BCUT2D eigenvalue weighted by Gasteiger charge is -2.36. The Kier molecular flexibility index (Phi) is 4.89. The Morgan fingerprint density at radius 3 is 2.62 bits per heavy atom. The van der Waals surface area contributed by atoms with E-state index in [-0.39, 0.29) is 23.5 Å². The molecule has 7 heteroatoms. The highest BCUT2D eigenvalue weighted by Gasteiger charge is 2.37. The molecule has 6 nitrogen and oxygen atoms in total. The summed E-state index contributed by atoms with van der Waals surface area (Å²) in [4.78, 5) is 16.8. The Balaban J connectivity index is 1.79. The van der Waals surface area contributed by atoms with Crippen molar-refractivity contribution in [2.45, 2.75) is 38.8 Å². The minimum absolute atomic E-state index is 0.190. The van der Waals surface area contributed by atoms with E-state index in [9.17, 15) is 14.3 Å². The van der Waals surface area contributed by atoms with Gasteiger partial charge in [0, 0.05) is 24.4 Å².